The van der Waals surface area contributed by atoms with Crippen LogP contribution in [0.2, 0.25) is 0 Å². The lowest BCUT2D eigenvalue weighted by Crippen LogP contribution is -2.15. The molecule has 0 aliphatic carbocycles. The Hall–Kier alpha value is -2.98. The van der Waals surface area contributed by atoms with Crippen molar-refractivity contribution in [3.63, 3.8) is 0 Å². The van der Waals surface area contributed by atoms with Gasteiger partial charge in [0.15, 0.2) is 0 Å². The van der Waals surface area contributed by atoms with Crippen molar-refractivity contribution in [1.82, 2.24) is 0 Å². The van der Waals surface area contributed by atoms with Crippen molar-refractivity contribution < 1.29 is 9.53 Å². The second-order valence-electron chi connectivity index (χ2n) is 6.43. The SMILES string of the molecule is COC(=O)C1=C(C)N(c2c(-c3ccccc3)cccc2-c2ccccc2)[CH]S1. The molecule has 3 nitrogen and oxygen atoms in total. The number of nitrogens with zero attached hydrogens (tertiary/aromatic N) is 1. The van der Waals surface area contributed by atoms with Crippen LogP contribution in [0.25, 0.3) is 22.3 Å². The molecule has 139 valence electrons. The van der Waals surface area contributed by atoms with E-state index in [1.807, 2.05) is 49.2 Å². The molecule has 0 aromatic heterocycles. The second-order valence-corrected chi connectivity index (χ2v) is 7.29. The molecule has 0 amide bonds. The van der Waals surface area contributed by atoms with Crippen LogP contribution < -0.4 is 4.90 Å². The minimum atomic E-state index is -0.306. The number of carbonyl (C=O) groups is 1. The first kappa shape index (κ1) is 18.4. The lowest BCUT2D eigenvalue weighted by Gasteiger charge is -2.26. The average molecular weight is 386 g/mol. The van der Waals surface area contributed by atoms with E-state index in [4.69, 9.17) is 4.74 Å². The van der Waals surface area contributed by atoms with Crippen LogP contribution in [0.3, 0.4) is 0 Å². The molecule has 0 saturated carbocycles. The summed E-state index contributed by atoms with van der Waals surface area (Å²) in [6.45, 7) is 1.96. The summed E-state index contributed by atoms with van der Waals surface area (Å²) in [6, 6.07) is 27.0. The van der Waals surface area contributed by atoms with Crippen LogP contribution in [0.1, 0.15) is 6.92 Å². The third-order valence-electron chi connectivity index (χ3n) is 4.78. The molecule has 4 heteroatoms. The number of hydrogen-bond donors (Lipinski definition) is 0. The first-order valence-electron chi connectivity index (χ1n) is 9.03. The van der Waals surface area contributed by atoms with E-state index in [2.05, 4.69) is 47.4 Å². The van der Waals surface area contributed by atoms with E-state index in [1.165, 1.54) is 18.9 Å². The van der Waals surface area contributed by atoms with Crippen LogP contribution in [0.5, 0.6) is 0 Å². The number of para-hydroxylation sites is 1. The molecular weight excluding hydrogens is 366 g/mol. The molecule has 0 fully saturated rings. The summed E-state index contributed by atoms with van der Waals surface area (Å²) >= 11 is 1.40. The maximum atomic E-state index is 12.2. The summed E-state index contributed by atoms with van der Waals surface area (Å²) < 4.78 is 4.95. The number of allylic oxidation sites excluding steroid dienone is 1. The molecule has 0 atom stereocenters. The lowest BCUT2D eigenvalue weighted by molar-refractivity contribution is -0.135. The maximum absolute atomic E-state index is 12.2. The molecule has 0 saturated heterocycles. The number of anilines is 1. The minimum absolute atomic E-state index is 0.306. The number of hydrogen-bond acceptors (Lipinski definition) is 4. The van der Waals surface area contributed by atoms with Gasteiger partial charge in [0.05, 0.1) is 12.8 Å². The summed E-state index contributed by atoms with van der Waals surface area (Å²) in [7, 11) is 1.42. The predicted molar refractivity (Wildman–Crippen MR) is 116 cm³/mol. The fraction of sp³-hybridized carbons (Fsp3) is 0.0833. The van der Waals surface area contributed by atoms with Crippen molar-refractivity contribution in [3.05, 3.63) is 95.3 Å². The van der Waals surface area contributed by atoms with Gasteiger partial charge in [-0.3, -0.25) is 0 Å². The van der Waals surface area contributed by atoms with Crippen molar-refractivity contribution in [3.8, 4) is 22.3 Å². The highest BCUT2D eigenvalue weighted by molar-refractivity contribution is 8.06. The first-order valence-corrected chi connectivity index (χ1v) is 9.91. The Morgan fingerprint density at radius 2 is 1.36 bits per heavy atom. The average Bonchev–Trinajstić information content (AvgIpc) is 3.15. The first-order chi connectivity index (χ1) is 13.7. The summed E-state index contributed by atoms with van der Waals surface area (Å²) in [5, 5.41) is 0. The van der Waals surface area contributed by atoms with Crippen LogP contribution in [0.4, 0.5) is 5.69 Å². The van der Waals surface area contributed by atoms with Crippen molar-refractivity contribution in [1.29, 1.82) is 0 Å². The maximum Gasteiger partial charge on any atom is 0.346 e. The van der Waals surface area contributed by atoms with Crippen LogP contribution in [0, 0.1) is 5.88 Å². The number of rotatable bonds is 4. The number of carbonyl (C=O) groups excluding carboxylic acids is 1. The Kier molecular flexibility index (Phi) is 5.22. The van der Waals surface area contributed by atoms with Gasteiger partial charge in [-0.1, -0.05) is 90.6 Å². The summed E-state index contributed by atoms with van der Waals surface area (Å²) in [5.41, 5.74) is 6.43. The van der Waals surface area contributed by atoms with Crippen molar-refractivity contribution in [2.24, 2.45) is 0 Å². The predicted octanol–water partition coefficient (Wildman–Crippen LogP) is 6.10. The van der Waals surface area contributed by atoms with Crippen LogP contribution in [-0.4, -0.2) is 13.1 Å². The fourth-order valence-electron chi connectivity index (χ4n) is 3.39. The van der Waals surface area contributed by atoms with Gasteiger partial charge in [0.1, 0.15) is 10.8 Å². The smallest absolute Gasteiger partial charge is 0.346 e. The topological polar surface area (TPSA) is 29.5 Å². The van der Waals surface area contributed by atoms with E-state index >= 15 is 0 Å². The molecule has 0 bridgehead atoms. The summed E-state index contributed by atoms with van der Waals surface area (Å²) in [4.78, 5) is 14.9. The molecule has 1 aliphatic rings. The van der Waals surface area contributed by atoms with E-state index in [0.717, 1.165) is 33.6 Å². The van der Waals surface area contributed by atoms with Gasteiger partial charge in [0.2, 0.25) is 0 Å². The van der Waals surface area contributed by atoms with Crippen molar-refractivity contribution in [2.45, 2.75) is 6.92 Å². The van der Waals surface area contributed by atoms with Gasteiger partial charge in [-0.2, -0.15) is 0 Å². The second kappa shape index (κ2) is 7.95. The molecule has 1 radical (unpaired) electrons. The molecule has 3 aromatic carbocycles. The molecule has 0 N–H and O–H groups in total. The van der Waals surface area contributed by atoms with Crippen LogP contribution in [0.15, 0.2) is 89.5 Å². The molecule has 0 unspecified atom stereocenters. The van der Waals surface area contributed by atoms with Gasteiger partial charge in [0.25, 0.3) is 0 Å². The van der Waals surface area contributed by atoms with E-state index in [1.54, 1.807) is 0 Å². The lowest BCUT2D eigenvalue weighted by atomic mass is 9.95. The Bertz CT molecular complexity index is 971. The van der Waals surface area contributed by atoms with Gasteiger partial charge in [-0.15, -0.1) is 0 Å². The Balaban J connectivity index is 1.94. The molecule has 28 heavy (non-hydrogen) atoms. The van der Waals surface area contributed by atoms with E-state index < -0.39 is 0 Å². The third kappa shape index (κ3) is 3.32. The molecule has 3 aromatic rings. The number of benzene rings is 3. The quantitative estimate of drug-likeness (QED) is 0.507. The fourth-order valence-corrected chi connectivity index (χ4v) is 4.32. The molecule has 1 heterocycles. The van der Waals surface area contributed by atoms with Gasteiger partial charge < -0.3 is 9.64 Å². The van der Waals surface area contributed by atoms with Crippen molar-refractivity contribution >= 4 is 23.4 Å². The normalized spacial score (nSPS) is 13.7. The number of esters is 1. The monoisotopic (exact) mass is 386 g/mol. The number of thioether (sulfide) groups is 1. The van der Waals surface area contributed by atoms with Gasteiger partial charge in [0, 0.05) is 16.8 Å². The van der Waals surface area contributed by atoms with Gasteiger partial charge >= 0.3 is 5.97 Å². The van der Waals surface area contributed by atoms with Crippen molar-refractivity contribution in [2.75, 3.05) is 12.0 Å². The molecule has 0 spiro atoms. The van der Waals surface area contributed by atoms with Crippen LogP contribution in [-0.2, 0) is 9.53 Å². The number of ether oxygens (including phenoxy) is 1. The number of methoxy groups -OCH3 is 1. The Morgan fingerprint density at radius 3 is 1.86 bits per heavy atom. The molecule has 1 aliphatic heterocycles. The summed E-state index contributed by atoms with van der Waals surface area (Å²) in [5.74, 6) is 1.68. The zero-order valence-corrected chi connectivity index (χ0v) is 16.6. The van der Waals surface area contributed by atoms with E-state index in [-0.39, 0.29) is 5.97 Å². The standard InChI is InChI=1S/C24H20NO2S/c1-17-23(24(26)27-2)28-16-25(17)22-20(18-10-5-3-6-11-18)14-9-15-21(22)19-12-7-4-8-13-19/h3-16H,1-2H3. The highest BCUT2D eigenvalue weighted by Gasteiger charge is 2.30. The Labute approximate surface area is 169 Å². The zero-order chi connectivity index (χ0) is 19.5. The summed E-state index contributed by atoms with van der Waals surface area (Å²) in [6.07, 6.45) is 0. The minimum Gasteiger partial charge on any atom is -0.465 e. The molecular formula is C24H20NO2S. The highest BCUT2D eigenvalue weighted by atomic mass is 32.2. The zero-order valence-electron chi connectivity index (χ0n) is 15.8. The Morgan fingerprint density at radius 1 is 0.821 bits per heavy atom. The third-order valence-corrected chi connectivity index (χ3v) is 5.80. The van der Waals surface area contributed by atoms with E-state index in [0.29, 0.717) is 4.91 Å². The largest absolute Gasteiger partial charge is 0.465 e. The van der Waals surface area contributed by atoms with Gasteiger partial charge in [-0.05, 0) is 18.1 Å². The highest BCUT2D eigenvalue weighted by Crippen LogP contribution is 2.47. The van der Waals surface area contributed by atoms with Crippen LogP contribution >= 0.6 is 11.8 Å². The molecule has 4 rings (SSSR count). The van der Waals surface area contributed by atoms with E-state index in [9.17, 15) is 4.79 Å². The van der Waals surface area contributed by atoms with Gasteiger partial charge in [-0.25, -0.2) is 4.79 Å².